The summed E-state index contributed by atoms with van der Waals surface area (Å²) in [5.74, 6) is 1.93. The van der Waals surface area contributed by atoms with Crippen LogP contribution in [0.5, 0.6) is 11.5 Å². The third-order valence-electron chi connectivity index (χ3n) is 3.86. The summed E-state index contributed by atoms with van der Waals surface area (Å²) in [4.78, 5) is 13.6. The molecule has 26 heavy (non-hydrogen) atoms. The van der Waals surface area contributed by atoms with Gasteiger partial charge in [0.1, 0.15) is 19.0 Å². The highest BCUT2D eigenvalue weighted by atomic mass is 35.5. The Bertz CT molecular complexity index is 858. The molecule has 0 atom stereocenters. The van der Waals surface area contributed by atoms with E-state index in [0.29, 0.717) is 29.7 Å². The average Bonchev–Trinajstić information content (AvgIpc) is 2.68. The topological polar surface area (TPSA) is 56.7 Å². The number of hydrogen-bond donors (Lipinski definition) is 0. The van der Waals surface area contributed by atoms with Gasteiger partial charge in [0.2, 0.25) is 0 Å². The molecule has 3 rings (SSSR count). The van der Waals surface area contributed by atoms with E-state index in [9.17, 15) is 0 Å². The number of aromatic nitrogens is 2. The summed E-state index contributed by atoms with van der Waals surface area (Å²) >= 11 is 6.23. The van der Waals surface area contributed by atoms with E-state index >= 15 is 0 Å². The van der Waals surface area contributed by atoms with E-state index in [1.807, 2.05) is 43.4 Å². The van der Waals surface area contributed by atoms with Crippen LogP contribution >= 0.6 is 11.6 Å². The highest BCUT2D eigenvalue weighted by Gasteiger charge is 2.07. The average molecular weight is 374 g/mol. The lowest BCUT2D eigenvalue weighted by Crippen LogP contribution is -2.23. The molecule has 2 aromatic carbocycles. The van der Waals surface area contributed by atoms with Crippen molar-refractivity contribution < 1.29 is 14.3 Å². The van der Waals surface area contributed by atoms with E-state index in [-0.39, 0.29) is 6.61 Å². The normalized spacial score (nSPS) is 11.1. The fourth-order valence-corrected chi connectivity index (χ4v) is 2.61. The van der Waals surface area contributed by atoms with Gasteiger partial charge in [0.05, 0.1) is 26.0 Å². The van der Waals surface area contributed by atoms with Gasteiger partial charge in [-0.1, -0.05) is 35.9 Å². The van der Waals surface area contributed by atoms with Crippen LogP contribution in [0.3, 0.4) is 0 Å². The van der Waals surface area contributed by atoms with Crippen LogP contribution < -0.4 is 9.47 Å². The summed E-state index contributed by atoms with van der Waals surface area (Å²) in [6.07, 6.45) is 3.27. The molecule has 1 heterocycles. The molecule has 0 aliphatic heterocycles. The summed E-state index contributed by atoms with van der Waals surface area (Å²) in [6.45, 7) is 1.39. The van der Waals surface area contributed by atoms with Crippen molar-refractivity contribution in [3.05, 3.63) is 59.6 Å². The van der Waals surface area contributed by atoms with Gasteiger partial charge in [0.25, 0.3) is 0 Å². The van der Waals surface area contributed by atoms with Gasteiger partial charge < -0.3 is 14.3 Å². The first-order chi connectivity index (χ1) is 12.7. The third kappa shape index (κ3) is 4.60. The molecule has 0 radical (unpaired) electrons. The molecule has 0 saturated carbocycles. The predicted molar refractivity (Wildman–Crippen MR) is 100 cm³/mol. The molecule has 1 aromatic heterocycles. The van der Waals surface area contributed by atoms with E-state index in [1.165, 1.54) is 0 Å². The minimum atomic E-state index is 0.262. The van der Waals surface area contributed by atoms with E-state index in [2.05, 4.69) is 9.97 Å². The van der Waals surface area contributed by atoms with Gasteiger partial charge in [-0.05, 0) is 12.1 Å². The molecule has 0 saturated heterocycles. The van der Waals surface area contributed by atoms with E-state index < -0.39 is 0 Å². The fourth-order valence-electron chi connectivity index (χ4n) is 2.38. The van der Waals surface area contributed by atoms with Crippen molar-refractivity contribution in [2.24, 2.45) is 0 Å². The highest BCUT2D eigenvalue weighted by Crippen LogP contribution is 2.31. The SMILES string of the molecule is CON(C)CCOc1cnc(COc2ccc(Cl)c3ccccc23)nc1. The van der Waals surface area contributed by atoms with Gasteiger partial charge in [0.15, 0.2) is 11.6 Å². The zero-order valence-electron chi connectivity index (χ0n) is 14.7. The molecule has 0 unspecified atom stereocenters. The number of benzene rings is 2. The Balaban J connectivity index is 1.59. The smallest absolute Gasteiger partial charge is 0.166 e. The molecule has 3 aromatic rings. The molecule has 0 N–H and O–H groups in total. The Hall–Kier alpha value is -2.41. The molecule has 7 heteroatoms. The van der Waals surface area contributed by atoms with Crippen LogP contribution in [0.15, 0.2) is 48.8 Å². The van der Waals surface area contributed by atoms with E-state index in [4.69, 9.17) is 25.9 Å². The Morgan fingerprint density at radius 1 is 1.00 bits per heavy atom. The molecule has 6 nitrogen and oxygen atoms in total. The number of hydrogen-bond acceptors (Lipinski definition) is 6. The lowest BCUT2D eigenvalue weighted by molar-refractivity contribution is -0.113. The Kier molecular flexibility index (Phi) is 6.22. The first kappa shape index (κ1) is 18.4. The number of nitrogens with zero attached hydrogens (tertiary/aromatic N) is 3. The van der Waals surface area contributed by atoms with Crippen molar-refractivity contribution in [1.82, 2.24) is 15.0 Å². The molecular weight excluding hydrogens is 354 g/mol. The Morgan fingerprint density at radius 3 is 2.46 bits per heavy atom. The quantitative estimate of drug-likeness (QED) is 0.561. The molecule has 0 aliphatic carbocycles. The fraction of sp³-hybridized carbons (Fsp3) is 0.263. The van der Waals surface area contributed by atoms with Gasteiger partial charge >= 0.3 is 0 Å². The minimum absolute atomic E-state index is 0.262. The zero-order valence-corrected chi connectivity index (χ0v) is 15.4. The first-order valence-corrected chi connectivity index (χ1v) is 8.54. The lowest BCUT2D eigenvalue weighted by Gasteiger charge is -2.13. The van der Waals surface area contributed by atoms with Crippen molar-refractivity contribution >= 4 is 22.4 Å². The molecular formula is C19H20ClN3O3. The van der Waals surface area contributed by atoms with Crippen molar-refractivity contribution in [3.63, 3.8) is 0 Å². The van der Waals surface area contributed by atoms with Crippen LogP contribution in [0, 0.1) is 0 Å². The molecule has 0 fully saturated rings. The van der Waals surface area contributed by atoms with Gasteiger partial charge in [-0.15, -0.1) is 0 Å². The summed E-state index contributed by atoms with van der Waals surface area (Å²) < 4.78 is 11.4. The van der Waals surface area contributed by atoms with Crippen molar-refractivity contribution in [1.29, 1.82) is 0 Å². The van der Waals surface area contributed by atoms with Gasteiger partial charge in [-0.3, -0.25) is 0 Å². The summed E-state index contributed by atoms with van der Waals surface area (Å²) in [5.41, 5.74) is 0. The molecule has 0 amide bonds. The number of fused-ring (bicyclic) bond motifs is 1. The van der Waals surface area contributed by atoms with Crippen molar-refractivity contribution in [2.75, 3.05) is 27.3 Å². The maximum atomic E-state index is 6.23. The van der Waals surface area contributed by atoms with Crippen LogP contribution in [0.4, 0.5) is 0 Å². The summed E-state index contributed by atoms with van der Waals surface area (Å²) in [5, 5.41) is 4.30. The van der Waals surface area contributed by atoms with Crippen LogP contribution in [0.2, 0.25) is 5.02 Å². The summed E-state index contributed by atoms with van der Waals surface area (Å²) in [6, 6.07) is 11.5. The second-order valence-corrected chi connectivity index (χ2v) is 6.00. The zero-order chi connectivity index (χ0) is 18.4. The monoisotopic (exact) mass is 373 g/mol. The summed E-state index contributed by atoms with van der Waals surface area (Å²) in [7, 11) is 3.45. The maximum Gasteiger partial charge on any atom is 0.166 e. The van der Waals surface area contributed by atoms with Crippen LogP contribution in [-0.4, -0.2) is 42.3 Å². The molecule has 0 spiro atoms. The number of likely N-dealkylation sites (N-methyl/N-ethyl adjacent to an activating group) is 1. The predicted octanol–water partition coefficient (Wildman–Crippen LogP) is 3.73. The van der Waals surface area contributed by atoms with Crippen molar-refractivity contribution in [3.8, 4) is 11.5 Å². The van der Waals surface area contributed by atoms with Crippen molar-refractivity contribution in [2.45, 2.75) is 6.61 Å². The largest absolute Gasteiger partial charge is 0.489 e. The Labute approximate surface area is 157 Å². The second kappa shape index (κ2) is 8.80. The number of rotatable bonds is 8. The van der Waals surface area contributed by atoms with Crippen LogP contribution in [0.1, 0.15) is 5.82 Å². The standard InChI is InChI=1S/C19H20ClN3O3/c1-23(24-2)9-10-25-14-11-21-19(22-12-14)13-26-18-8-7-17(20)15-5-3-4-6-16(15)18/h3-8,11-12H,9-10,13H2,1-2H3. The number of ether oxygens (including phenoxy) is 2. The Morgan fingerprint density at radius 2 is 1.73 bits per heavy atom. The number of halogens is 1. The van der Waals surface area contributed by atoms with Crippen LogP contribution in [-0.2, 0) is 11.4 Å². The minimum Gasteiger partial charge on any atom is -0.489 e. The van der Waals surface area contributed by atoms with Crippen LogP contribution in [0.25, 0.3) is 10.8 Å². The van der Waals surface area contributed by atoms with Gasteiger partial charge in [-0.2, -0.15) is 5.06 Å². The maximum absolute atomic E-state index is 6.23. The molecule has 0 bridgehead atoms. The third-order valence-corrected chi connectivity index (χ3v) is 4.19. The highest BCUT2D eigenvalue weighted by molar-refractivity contribution is 6.35. The van der Waals surface area contributed by atoms with E-state index in [0.717, 1.165) is 16.5 Å². The molecule has 0 aliphatic rings. The first-order valence-electron chi connectivity index (χ1n) is 8.16. The second-order valence-electron chi connectivity index (χ2n) is 5.60. The number of hydroxylamine groups is 2. The lowest BCUT2D eigenvalue weighted by atomic mass is 10.1. The van der Waals surface area contributed by atoms with E-state index in [1.54, 1.807) is 24.6 Å². The van der Waals surface area contributed by atoms with Gasteiger partial charge in [-0.25, -0.2) is 9.97 Å². The van der Waals surface area contributed by atoms with Gasteiger partial charge in [0, 0.05) is 22.8 Å². The molecule has 136 valence electrons.